The number of aliphatic hydroxyl groups is 1. The van der Waals surface area contributed by atoms with Gasteiger partial charge < -0.3 is 15.3 Å². The Morgan fingerprint density at radius 3 is 2.77 bits per heavy atom. The molecular formula is C18H19ClN4O3. The predicted octanol–water partition coefficient (Wildman–Crippen LogP) is 1.45. The van der Waals surface area contributed by atoms with Gasteiger partial charge in [-0.15, -0.1) is 0 Å². The van der Waals surface area contributed by atoms with Crippen LogP contribution in [0.25, 0.3) is 0 Å². The van der Waals surface area contributed by atoms with Gasteiger partial charge in [0.15, 0.2) is 5.69 Å². The van der Waals surface area contributed by atoms with Gasteiger partial charge in [-0.3, -0.25) is 14.3 Å². The van der Waals surface area contributed by atoms with Crippen molar-refractivity contribution in [3.8, 4) is 0 Å². The number of benzene rings is 1. The van der Waals surface area contributed by atoms with Gasteiger partial charge in [0.05, 0.1) is 12.6 Å². The Kier molecular flexibility index (Phi) is 4.42. The van der Waals surface area contributed by atoms with Crippen LogP contribution >= 0.6 is 11.6 Å². The van der Waals surface area contributed by atoms with Gasteiger partial charge in [0.2, 0.25) is 0 Å². The van der Waals surface area contributed by atoms with Crippen molar-refractivity contribution in [3.05, 3.63) is 52.3 Å². The molecule has 2 N–H and O–H groups in total. The third kappa shape index (κ3) is 3.45. The highest BCUT2D eigenvalue weighted by atomic mass is 35.5. The number of aromatic nitrogens is 2. The Balaban J connectivity index is 1.59. The number of fused-ring (bicyclic) bond motifs is 1. The molecule has 0 radical (unpaired) electrons. The molecule has 2 aromatic rings. The van der Waals surface area contributed by atoms with Gasteiger partial charge in [0, 0.05) is 30.2 Å². The number of nitrogens with zero attached hydrogens (tertiary/aromatic N) is 3. The molecule has 0 bridgehead atoms. The van der Waals surface area contributed by atoms with Gasteiger partial charge in [0.1, 0.15) is 5.69 Å². The first-order valence-electron chi connectivity index (χ1n) is 8.61. The number of aliphatic hydroxyl groups excluding tert-OH is 1. The molecule has 0 saturated heterocycles. The molecule has 26 heavy (non-hydrogen) atoms. The van der Waals surface area contributed by atoms with Crippen LogP contribution in [0, 0.1) is 0 Å². The van der Waals surface area contributed by atoms with Crippen LogP contribution in [0.5, 0.6) is 0 Å². The molecule has 1 saturated carbocycles. The Hall–Kier alpha value is -2.38. The summed E-state index contributed by atoms with van der Waals surface area (Å²) in [6.45, 7) is 0.829. The molecule has 2 aliphatic rings. The van der Waals surface area contributed by atoms with Gasteiger partial charge >= 0.3 is 0 Å². The van der Waals surface area contributed by atoms with E-state index >= 15 is 0 Å². The van der Waals surface area contributed by atoms with Crippen molar-refractivity contribution in [2.45, 2.75) is 38.1 Å². The van der Waals surface area contributed by atoms with Crippen molar-refractivity contribution < 1.29 is 14.7 Å². The highest BCUT2D eigenvalue weighted by molar-refractivity contribution is 6.30. The standard InChI is InChI=1S/C18H19ClN4O3/c19-12-3-1-11(2-4-12)9-22(13-5-6-13)18(26)15-7-16-17(25)20-8-14(24)10-23(16)21-15/h1-4,7,13-14,24H,5-6,8-10H2,(H,20,25)/t14-/m1/s1. The zero-order valence-corrected chi connectivity index (χ0v) is 14.8. The van der Waals surface area contributed by atoms with E-state index in [4.69, 9.17) is 11.6 Å². The number of carbonyl (C=O) groups is 2. The van der Waals surface area contributed by atoms with Crippen LogP contribution in [0.1, 0.15) is 39.4 Å². The highest BCUT2D eigenvalue weighted by Gasteiger charge is 2.35. The van der Waals surface area contributed by atoms with E-state index in [-0.39, 0.29) is 36.6 Å². The molecular weight excluding hydrogens is 356 g/mol. The average Bonchev–Trinajstić information content (AvgIpc) is 3.40. The minimum Gasteiger partial charge on any atom is -0.389 e. The smallest absolute Gasteiger partial charge is 0.274 e. The molecule has 8 heteroatoms. The van der Waals surface area contributed by atoms with E-state index in [2.05, 4.69) is 10.4 Å². The topological polar surface area (TPSA) is 87.5 Å². The molecule has 0 unspecified atom stereocenters. The third-order valence-electron chi connectivity index (χ3n) is 4.63. The minimum atomic E-state index is -0.725. The normalized spacial score (nSPS) is 19.5. The fourth-order valence-corrected chi connectivity index (χ4v) is 3.22. The number of nitrogens with one attached hydrogen (secondary N) is 1. The maximum atomic E-state index is 13.0. The first-order valence-corrected chi connectivity index (χ1v) is 8.98. The van der Waals surface area contributed by atoms with Crippen LogP contribution < -0.4 is 5.32 Å². The number of rotatable bonds is 4. The molecule has 1 aliphatic carbocycles. The molecule has 1 atom stereocenters. The first-order chi connectivity index (χ1) is 12.5. The fourth-order valence-electron chi connectivity index (χ4n) is 3.10. The lowest BCUT2D eigenvalue weighted by Gasteiger charge is -2.21. The number of β-amino-alcohol motifs (C(OH)–C–C–N with tert-alkyl or cyclic N) is 1. The molecule has 1 aliphatic heterocycles. The lowest BCUT2D eigenvalue weighted by Crippen LogP contribution is -2.33. The van der Waals surface area contributed by atoms with E-state index < -0.39 is 6.10 Å². The molecule has 1 aromatic carbocycles. The summed E-state index contributed by atoms with van der Waals surface area (Å²) in [5.74, 6) is -0.533. The average molecular weight is 375 g/mol. The van der Waals surface area contributed by atoms with Gasteiger partial charge in [0.25, 0.3) is 11.8 Å². The molecule has 0 spiro atoms. The summed E-state index contributed by atoms with van der Waals surface area (Å²) in [5.41, 5.74) is 1.51. The van der Waals surface area contributed by atoms with Crippen molar-refractivity contribution in [1.82, 2.24) is 20.0 Å². The SMILES string of the molecule is O=C1NC[C@@H](O)Cn2nc(C(=O)N(Cc3ccc(Cl)cc3)C3CC3)cc21. The van der Waals surface area contributed by atoms with E-state index in [0.717, 1.165) is 18.4 Å². The van der Waals surface area contributed by atoms with E-state index in [0.29, 0.717) is 17.3 Å². The Morgan fingerprint density at radius 1 is 1.35 bits per heavy atom. The maximum absolute atomic E-state index is 13.0. The number of carbonyl (C=O) groups excluding carboxylic acids is 2. The van der Waals surface area contributed by atoms with Crippen LogP contribution in [0.15, 0.2) is 30.3 Å². The van der Waals surface area contributed by atoms with Crippen LogP contribution in [-0.4, -0.2) is 50.3 Å². The summed E-state index contributed by atoms with van der Waals surface area (Å²) >= 11 is 5.93. The van der Waals surface area contributed by atoms with Crippen LogP contribution in [-0.2, 0) is 13.1 Å². The first kappa shape index (κ1) is 17.1. The second-order valence-corrected chi connectivity index (χ2v) is 7.19. The van der Waals surface area contributed by atoms with Gasteiger partial charge in [-0.1, -0.05) is 23.7 Å². The lowest BCUT2D eigenvalue weighted by atomic mass is 10.2. The van der Waals surface area contributed by atoms with Crippen molar-refractivity contribution in [1.29, 1.82) is 0 Å². The second kappa shape index (κ2) is 6.74. The van der Waals surface area contributed by atoms with Crippen molar-refractivity contribution >= 4 is 23.4 Å². The molecule has 1 aromatic heterocycles. The van der Waals surface area contributed by atoms with E-state index in [9.17, 15) is 14.7 Å². The number of amides is 2. The van der Waals surface area contributed by atoms with Crippen LogP contribution in [0.2, 0.25) is 5.02 Å². The molecule has 2 heterocycles. The van der Waals surface area contributed by atoms with Crippen molar-refractivity contribution in [3.63, 3.8) is 0 Å². The Morgan fingerprint density at radius 2 is 2.08 bits per heavy atom. The van der Waals surface area contributed by atoms with Crippen LogP contribution in [0.4, 0.5) is 0 Å². The highest BCUT2D eigenvalue weighted by Crippen LogP contribution is 2.30. The number of halogens is 1. The monoisotopic (exact) mass is 374 g/mol. The van der Waals surface area contributed by atoms with E-state index in [1.165, 1.54) is 10.7 Å². The summed E-state index contributed by atoms with van der Waals surface area (Å²) < 4.78 is 1.41. The Labute approximate surface area is 155 Å². The zero-order valence-electron chi connectivity index (χ0n) is 14.1. The second-order valence-electron chi connectivity index (χ2n) is 6.75. The molecule has 136 valence electrons. The lowest BCUT2D eigenvalue weighted by molar-refractivity contribution is 0.0721. The fraction of sp³-hybridized carbons (Fsp3) is 0.389. The molecule has 1 fully saturated rings. The third-order valence-corrected chi connectivity index (χ3v) is 4.88. The summed E-state index contributed by atoms with van der Waals surface area (Å²) in [6.07, 6.45) is 1.20. The van der Waals surface area contributed by atoms with Gasteiger partial charge in [-0.2, -0.15) is 5.10 Å². The van der Waals surface area contributed by atoms with E-state index in [1.54, 1.807) is 17.0 Å². The van der Waals surface area contributed by atoms with Gasteiger partial charge in [-0.25, -0.2) is 0 Å². The summed E-state index contributed by atoms with van der Waals surface area (Å²) in [6, 6.07) is 9.11. The minimum absolute atomic E-state index is 0.177. The van der Waals surface area contributed by atoms with Crippen LogP contribution in [0.3, 0.4) is 0 Å². The van der Waals surface area contributed by atoms with Crippen molar-refractivity contribution in [2.75, 3.05) is 6.54 Å². The van der Waals surface area contributed by atoms with Gasteiger partial charge in [-0.05, 0) is 30.5 Å². The summed E-state index contributed by atoms with van der Waals surface area (Å²) in [7, 11) is 0. The van der Waals surface area contributed by atoms with Crippen molar-refractivity contribution in [2.24, 2.45) is 0 Å². The molecule has 7 nitrogen and oxygen atoms in total. The molecule has 4 rings (SSSR count). The number of hydrogen-bond acceptors (Lipinski definition) is 4. The zero-order chi connectivity index (χ0) is 18.3. The number of hydrogen-bond donors (Lipinski definition) is 2. The Bertz CT molecular complexity index is 845. The quantitative estimate of drug-likeness (QED) is 0.847. The molecule has 2 amide bonds. The maximum Gasteiger partial charge on any atom is 0.274 e. The predicted molar refractivity (Wildman–Crippen MR) is 94.9 cm³/mol. The largest absolute Gasteiger partial charge is 0.389 e. The van der Waals surface area contributed by atoms with E-state index in [1.807, 2.05) is 12.1 Å². The summed E-state index contributed by atoms with van der Waals surface area (Å²) in [5, 5.41) is 17.4. The summed E-state index contributed by atoms with van der Waals surface area (Å²) in [4.78, 5) is 26.9.